The molecule has 5 atom stereocenters. The van der Waals surface area contributed by atoms with Crippen LogP contribution in [0, 0.1) is 22.7 Å². The predicted octanol–water partition coefficient (Wildman–Crippen LogP) is 8.73. The van der Waals surface area contributed by atoms with Crippen molar-refractivity contribution in [3.63, 3.8) is 0 Å². The minimum Gasteiger partial charge on any atom is -0.497 e. The Morgan fingerprint density at radius 2 is 1.38 bits per heavy atom. The lowest BCUT2D eigenvalue weighted by Gasteiger charge is -2.39. The summed E-state index contributed by atoms with van der Waals surface area (Å²) in [5.74, 6) is 1.60. The second-order valence-corrected chi connectivity index (χ2v) is 17.8. The van der Waals surface area contributed by atoms with Gasteiger partial charge in [-0.3, -0.25) is 9.36 Å². The van der Waals surface area contributed by atoms with Crippen molar-refractivity contribution in [1.82, 2.24) is 24.2 Å². The van der Waals surface area contributed by atoms with Crippen molar-refractivity contribution in [2.24, 2.45) is 0 Å². The quantitative estimate of drug-likeness (QED) is 0.0343. The topological polar surface area (TPSA) is 197 Å². The predicted molar refractivity (Wildman–Crippen MR) is 258 cm³/mol. The van der Waals surface area contributed by atoms with E-state index in [2.05, 4.69) is 64.8 Å². The molecule has 1 amide bonds. The Bertz CT molecular complexity index is 2590. The van der Waals surface area contributed by atoms with Crippen molar-refractivity contribution in [3.8, 4) is 29.4 Å². The number of anilines is 1. The lowest BCUT2D eigenvalue weighted by atomic mass is 9.80. The number of hydrogen-bond acceptors (Lipinski definition) is 15. The number of benzene rings is 4. The van der Waals surface area contributed by atoms with Crippen molar-refractivity contribution < 1.29 is 42.3 Å². The Morgan fingerprint density at radius 1 is 0.783 bits per heavy atom. The van der Waals surface area contributed by atoms with E-state index in [-0.39, 0.29) is 62.7 Å². The maximum atomic E-state index is 13.2. The summed E-state index contributed by atoms with van der Waals surface area (Å²) < 4.78 is 55.6. The van der Waals surface area contributed by atoms with Crippen LogP contribution in [0.5, 0.6) is 17.2 Å². The number of nitriles is 2. The van der Waals surface area contributed by atoms with E-state index < -0.39 is 44.6 Å². The van der Waals surface area contributed by atoms with Gasteiger partial charge in [-0.25, -0.2) is 19.6 Å². The Morgan fingerprint density at radius 3 is 1.97 bits per heavy atom. The summed E-state index contributed by atoms with van der Waals surface area (Å²) in [6.07, 6.45) is -0.562. The normalized spacial score (nSPS) is 17.4. The molecule has 0 saturated carbocycles. The number of amides is 1. The van der Waals surface area contributed by atoms with E-state index in [1.165, 1.54) is 6.33 Å². The van der Waals surface area contributed by atoms with Crippen LogP contribution in [-0.4, -0.2) is 101 Å². The first-order valence-corrected chi connectivity index (χ1v) is 23.8. The first-order chi connectivity index (χ1) is 33.6. The molecule has 360 valence electrons. The van der Waals surface area contributed by atoms with E-state index >= 15 is 0 Å². The van der Waals surface area contributed by atoms with Gasteiger partial charge in [-0.15, -0.1) is 0 Å². The number of nitrogens with zero attached hydrogens (tertiary/aromatic N) is 7. The molecule has 1 fully saturated rings. The molecule has 0 spiro atoms. The highest BCUT2D eigenvalue weighted by Crippen LogP contribution is 2.51. The molecular weight excluding hydrogens is 900 g/mol. The van der Waals surface area contributed by atoms with Gasteiger partial charge in [0.15, 0.2) is 29.8 Å². The van der Waals surface area contributed by atoms with Gasteiger partial charge in [-0.1, -0.05) is 72.8 Å². The molecule has 1 N–H and O–H groups in total. The van der Waals surface area contributed by atoms with Crippen LogP contribution in [-0.2, 0) is 33.7 Å². The van der Waals surface area contributed by atoms with Crippen molar-refractivity contribution in [1.29, 1.82) is 10.5 Å². The molecular formula is C51H57N8O9P. The molecule has 17 nitrogen and oxygen atoms in total. The third-order valence-electron chi connectivity index (χ3n) is 11.3. The molecule has 0 radical (unpaired) electrons. The smallest absolute Gasteiger partial charge is 0.263 e. The number of nitrogens with one attached hydrogen (secondary N) is 1. The first-order valence-electron chi connectivity index (χ1n) is 22.6. The highest BCUT2D eigenvalue weighted by atomic mass is 31.2. The summed E-state index contributed by atoms with van der Waals surface area (Å²) in [7, 11) is 1.38. The number of methoxy groups -OCH3 is 2. The summed E-state index contributed by atoms with van der Waals surface area (Å²) in [6.45, 7) is 8.05. The van der Waals surface area contributed by atoms with E-state index in [0.717, 1.165) is 16.7 Å². The third kappa shape index (κ3) is 11.8. The average Bonchev–Trinajstić information content (AvgIpc) is 3.95. The van der Waals surface area contributed by atoms with E-state index in [4.69, 9.17) is 37.5 Å². The Hall–Kier alpha value is -6.53. The molecule has 0 aliphatic carbocycles. The molecule has 4 aromatic carbocycles. The van der Waals surface area contributed by atoms with Crippen molar-refractivity contribution in [2.75, 3.05) is 46.0 Å². The van der Waals surface area contributed by atoms with Crippen LogP contribution in [0.15, 0.2) is 122 Å². The van der Waals surface area contributed by atoms with E-state index in [9.17, 15) is 15.3 Å². The molecule has 1 aliphatic heterocycles. The second-order valence-electron chi connectivity index (χ2n) is 16.4. The minimum atomic E-state index is -1.86. The van der Waals surface area contributed by atoms with Gasteiger partial charge in [-0.2, -0.15) is 10.5 Å². The van der Waals surface area contributed by atoms with Crippen LogP contribution in [0.1, 0.15) is 63.5 Å². The van der Waals surface area contributed by atoms with Crippen LogP contribution >= 0.6 is 8.53 Å². The van der Waals surface area contributed by atoms with Gasteiger partial charge in [0.2, 0.25) is 0 Å². The van der Waals surface area contributed by atoms with Gasteiger partial charge in [0.05, 0.1) is 65.3 Å². The third-order valence-corrected chi connectivity index (χ3v) is 13.5. The van der Waals surface area contributed by atoms with Gasteiger partial charge >= 0.3 is 0 Å². The zero-order chi connectivity index (χ0) is 48.8. The fourth-order valence-corrected chi connectivity index (χ4v) is 10.0. The molecule has 6 aromatic rings. The van der Waals surface area contributed by atoms with Gasteiger partial charge in [0.25, 0.3) is 14.4 Å². The number of carbonyl (C=O) groups excluding carboxylic acids is 1. The molecule has 2 aromatic heterocycles. The summed E-state index contributed by atoms with van der Waals surface area (Å²) in [6, 6.07) is 38.7. The molecule has 7 rings (SSSR count). The van der Waals surface area contributed by atoms with Crippen LogP contribution < -0.4 is 19.5 Å². The standard InChI is InChI=1S/C51H57N8O9P/c1-35(2)59(36(3)4)69(66-30-14-28-53)68-46-43(31-65-51(37-15-9-7-10-16-37,38-19-23-40(61-5)24-20-38)39-21-25-41(62-6)26-22-39)67-50(47(46)63-29-13-27-52)58-34-56-45-48(54-33-55-49(45)58)57-44(60)32-64-42-17-11-8-12-18-42/h7-12,15-26,33-36,43,46-47,50H,13-14,29-32H2,1-6H3,(H,54,55,57,60)/t43-,46-,47-,50-,69?/m1/s1. The van der Waals surface area contributed by atoms with Crippen molar-refractivity contribution >= 4 is 31.4 Å². The van der Waals surface area contributed by atoms with Crippen molar-refractivity contribution in [3.05, 3.63) is 139 Å². The average molecular weight is 957 g/mol. The highest BCUT2D eigenvalue weighted by molar-refractivity contribution is 7.44. The molecule has 0 bridgehead atoms. The molecule has 18 heteroatoms. The number of para-hydroxylation sites is 1. The number of aromatic nitrogens is 4. The van der Waals surface area contributed by atoms with Crippen LogP contribution in [0.3, 0.4) is 0 Å². The minimum absolute atomic E-state index is 0.0270. The van der Waals surface area contributed by atoms with Gasteiger partial charge in [-0.05, 0) is 80.8 Å². The van der Waals surface area contributed by atoms with E-state index in [1.807, 2.05) is 97.1 Å². The molecule has 1 aliphatic rings. The van der Waals surface area contributed by atoms with Crippen LogP contribution in [0.2, 0.25) is 0 Å². The number of rotatable bonds is 24. The van der Waals surface area contributed by atoms with E-state index in [0.29, 0.717) is 22.9 Å². The van der Waals surface area contributed by atoms with Crippen LogP contribution in [0.25, 0.3) is 11.2 Å². The van der Waals surface area contributed by atoms with Crippen molar-refractivity contribution in [2.45, 2.75) is 82.8 Å². The number of fused-ring (bicyclic) bond motifs is 1. The zero-order valence-corrected chi connectivity index (χ0v) is 40.4. The maximum Gasteiger partial charge on any atom is 0.263 e. The molecule has 69 heavy (non-hydrogen) atoms. The maximum absolute atomic E-state index is 13.2. The number of imidazole rings is 1. The lowest BCUT2D eigenvalue weighted by Crippen LogP contribution is -2.43. The Balaban J connectivity index is 1.33. The molecule has 1 saturated heterocycles. The monoisotopic (exact) mass is 956 g/mol. The first kappa shape index (κ1) is 50.3. The Labute approximate surface area is 403 Å². The van der Waals surface area contributed by atoms with Crippen LogP contribution in [0.4, 0.5) is 5.82 Å². The summed E-state index contributed by atoms with van der Waals surface area (Å²) >= 11 is 0. The fourth-order valence-electron chi connectivity index (χ4n) is 8.25. The summed E-state index contributed by atoms with van der Waals surface area (Å²) in [4.78, 5) is 26.8. The molecule has 3 heterocycles. The second kappa shape index (κ2) is 24.2. The fraction of sp³-hybridized carbons (Fsp3) is 0.373. The van der Waals surface area contributed by atoms with E-state index in [1.54, 1.807) is 37.2 Å². The van der Waals surface area contributed by atoms with Gasteiger partial charge in [0.1, 0.15) is 47.5 Å². The number of carbonyl (C=O) groups is 1. The largest absolute Gasteiger partial charge is 0.497 e. The number of hydrogen-bond donors (Lipinski definition) is 1. The lowest BCUT2D eigenvalue weighted by molar-refractivity contribution is -0.118. The number of ether oxygens (including phenoxy) is 6. The summed E-state index contributed by atoms with van der Waals surface area (Å²) in [5, 5.41) is 22.1. The molecule has 1 unspecified atom stereocenters. The highest BCUT2D eigenvalue weighted by Gasteiger charge is 2.52. The SMILES string of the molecule is COc1ccc(C(OC[C@H]2O[C@@H](n3cnc4c(NC(=O)COc5ccccc5)ncnc43)[C@H](OCCC#N)[C@@H]2OP(OCCC#N)N(C(C)C)C(C)C)(c2ccccc2)c2ccc(OC)cc2)cc1. The zero-order valence-electron chi connectivity index (χ0n) is 39.5. The van der Waals surface area contributed by atoms with Gasteiger partial charge < -0.3 is 42.8 Å². The summed E-state index contributed by atoms with van der Waals surface area (Å²) in [5.41, 5.74) is 1.84. The van der Waals surface area contributed by atoms with Gasteiger partial charge in [0, 0.05) is 12.1 Å². The Kier molecular flexibility index (Phi) is 17.6.